The Hall–Kier alpha value is -2.01. The maximum Gasteiger partial charge on any atom is 0.180 e. The van der Waals surface area contributed by atoms with Crippen LogP contribution in [0.5, 0.6) is 0 Å². The lowest BCUT2D eigenvalue weighted by molar-refractivity contribution is 0.881. The zero-order chi connectivity index (χ0) is 12.4. The minimum absolute atomic E-state index is 0.234. The SMILES string of the molecule is CC(Nc1ccc2nccnc2n1)c1ccsc1. The van der Waals surface area contributed by atoms with Crippen molar-refractivity contribution in [3.8, 4) is 0 Å². The Labute approximate surface area is 109 Å². The summed E-state index contributed by atoms with van der Waals surface area (Å²) in [6.45, 7) is 2.12. The van der Waals surface area contributed by atoms with E-state index in [4.69, 9.17) is 0 Å². The molecular weight excluding hydrogens is 244 g/mol. The van der Waals surface area contributed by atoms with E-state index in [0.717, 1.165) is 11.3 Å². The van der Waals surface area contributed by atoms with Crippen LogP contribution in [-0.2, 0) is 0 Å². The Kier molecular flexibility index (Phi) is 2.90. The fourth-order valence-corrected chi connectivity index (χ4v) is 2.52. The van der Waals surface area contributed by atoms with Gasteiger partial charge in [-0.15, -0.1) is 0 Å². The Bertz CT molecular complexity index is 651. The molecule has 0 spiro atoms. The summed E-state index contributed by atoms with van der Waals surface area (Å²) in [7, 11) is 0. The van der Waals surface area contributed by atoms with Gasteiger partial charge in [0.25, 0.3) is 0 Å². The lowest BCUT2D eigenvalue weighted by atomic mass is 10.2. The first-order chi connectivity index (χ1) is 8.83. The van der Waals surface area contributed by atoms with Crippen LogP contribution in [0.25, 0.3) is 11.2 Å². The molecule has 0 aliphatic heterocycles. The molecule has 3 aromatic heterocycles. The first-order valence-electron chi connectivity index (χ1n) is 5.69. The highest BCUT2D eigenvalue weighted by Gasteiger charge is 2.07. The molecule has 90 valence electrons. The Balaban J connectivity index is 1.86. The second kappa shape index (κ2) is 4.70. The molecule has 1 N–H and O–H groups in total. The van der Waals surface area contributed by atoms with Crippen molar-refractivity contribution in [1.29, 1.82) is 0 Å². The van der Waals surface area contributed by atoms with Crippen molar-refractivity contribution >= 4 is 28.3 Å². The van der Waals surface area contributed by atoms with Crippen LogP contribution < -0.4 is 5.32 Å². The van der Waals surface area contributed by atoms with Crippen molar-refractivity contribution in [3.63, 3.8) is 0 Å². The summed E-state index contributed by atoms with van der Waals surface area (Å²) in [6.07, 6.45) is 3.33. The van der Waals surface area contributed by atoms with Crippen LogP contribution in [0.4, 0.5) is 5.82 Å². The van der Waals surface area contributed by atoms with Crippen LogP contribution in [0.3, 0.4) is 0 Å². The molecule has 3 rings (SSSR count). The number of hydrogen-bond acceptors (Lipinski definition) is 5. The van der Waals surface area contributed by atoms with E-state index >= 15 is 0 Å². The van der Waals surface area contributed by atoms with Gasteiger partial charge in [0.2, 0.25) is 0 Å². The van der Waals surface area contributed by atoms with Crippen LogP contribution in [0.15, 0.2) is 41.4 Å². The Morgan fingerprint density at radius 3 is 2.89 bits per heavy atom. The molecule has 18 heavy (non-hydrogen) atoms. The van der Waals surface area contributed by atoms with Crippen LogP contribution in [-0.4, -0.2) is 15.0 Å². The minimum Gasteiger partial charge on any atom is -0.363 e. The van der Waals surface area contributed by atoms with Gasteiger partial charge in [0.05, 0.1) is 6.04 Å². The quantitative estimate of drug-likeness (QED) is 0.781. The Morgan fingerprint density at radius 2 is 2.06 bits per heavy atom. The number of pyridine rings is 1. The highest BCUT2D eigenvalue weighted by atomic mass is 32.1. The summed E-state index contributed by atoms with van der Waals surface area (Å²) >= 11 is 1.70. The number of nitrogens with one attached hydrogen (secondary N) is 1. The maximum atomic E-state index is 4.44. The normalized spacial score (nSPS) is 12.5. The fourth-order valence-electron chi connectivity index (χ4n) is 1.76. The van der Waals surface area contributed by atoms with E-state index in [1.54, 1.807) is 23.7 Å². The van der Waals surface area contributed by atoms with Crippen molar-refractivity contribution < 1.29 is 0 Å². The van der Waals surface area contributed by atoms with Gasteiger partial charge in [-0.3, -0.25) is 4.98 Å². The highest BCUT2D eigenvalue weighted by molar-refractivity contribution is 7.07. The van der Waals surface area contributed by atoms with Crippen LogP contribution in [0.2, 0.25) is 0 Å². The van der Waals surface area contributed by atoms with Crippen molar-refractivity contribution in [3.05, 3.63) is 46.9 Å². The number of anilines is 1. The third kappa shape index (κ3) is 2.17. The van der Waals surface area contributed by atoms with Gasteiger partial charge in [0.1, 0.15) is 11.3 Å². The van der Waals surface area contributed by atoms with Gasteiger partial charge >= 0.3 is 0 Å². The topological polar surface area (TPSA) is 50.7 Å². The highest BCUT2D eigenvalue weighted by Crippen LogP contribution is 2.20. The predicted molar refractivity (Wildman–Crippen MR) is 73.7 cm³/mol. The van der Waals surface area contributed by atoms with Crippen LogP contribution in [0.1, 0.15) is 18.5 Å². The summed E-state index contributed by atoms with van der Waals surface area (Å²) in [5.41, 5.74) is 2.74. The molecule has 0 aliphatic rings. The number of hydrogen-bond donors (Lipinski definition) is 1. The standard InChI is InChI=1S/C13H12N4S/c1-9(10-4-7-18-8-10)16-12-3-2-11-13(17-12)15-6-5-14-11/h2-9H,1H3,(H,15,16,17). The molecule has 0 saturated carbocycles. The minimum atomic E-state index is 0.234. The second-order valence-electron chi connectivity index (χ2n) is 4.02. The largest absolute Gasteiger partial charge is 0.363 e. The van der Waals surface area contributed by atoms with Gasteiger partial charge in [-0.25, -0.2) is 9.97 Å². The van der Waals surface area contributed by atoms with E-state index in [0.29, 0.717) is 5.65 Å². The first kappa shape index (κ1) is 11.1. The van der Waals surface area contributed by atoms with E-state index in [9.17, 15) is 0 Å². The Morgan fingerprint density at radius 1 is 1.17 bits per heavy atom. The molecule has 0 aromatic carbocycles. The number of aromatic nitrogens is 3. The van der Waals surface area contributed by atoms with Gasteiger partial charge in [-0.1, -0.05) is 0 Å². The lowest BCUT2D eigenvalue weighted by Crippen LogP contribution is -2.07. The summed E-state index contributed by atoms with van der Waals surface area (Å²) in [4.78, 5) is 12.8. The van der Waals surface area contributed by atoms with Crippen LogP contribution >= 0.6 is 11.3 Å². The average molecular weight is 256 g/mol. The maximum absolute atomic E-state index is 4.44. The van der Waals surface area contributed by atoms with Crippen molar-refractivity contribution in [2.75, 3.05) is 5.32 Å². The van der Waals surface area contributed by atoms with Crippen molar-refractivity contribution in [2.45, 2.75) is 13.0 Å². The first-order valence-corrected chi connectivity index (χ1v) is 6.63. The zero-order valence-electron chi connectivity index (χ0n) is 9.87. The lowest BCUT2D eigenvalue weighted by Gasteiger charge is -2.13. The molecule has 0 fully saturated rings. The summed E-state index contributed by atoms with van der Waals surface area (Å²) in [5.74, 6) is 0.821. The molecule has 1 atom stereocenters. The third-order valence-corrected chi connectivity index (χ3v) is 3.44. The average Bonchev–Trinajstić information content (AvgIpc) is 2.92. The number of fused-ring (bicyclic) bond motifs is 1. The molecule has 0 bridgehead atoms. The monoisotopic (exact) mass is 256 g/mol. The smallest absolute Gasteiger partial charge is 0.180 e. The van der Waals surface area contributed by atoms with E-state index in [1.165, 1.54) is 5.56 Å². The van der Waals surface area contributed by atoms with Gasteiger partial charge in [0.15, 0.2) is 5.65 Å². The van der Waals surface area contributed by atoms with E-state index < -0.39 is 0 Å². The molecule has 0 saturated heterocycles. The molecule has 0 radical (unpaired) electrons. The predicted octanol–water partition coefficient (Wildman–Crippen LogP) is 3.26. The van der Waals surface area contributed by atoms with Gasteiger partial charge in [-0.05, 0) is 41.4 Å². The molecule has 4 nitrogen and oxygen atoms in total. The number of thiophene rings is 1. The van der Waals surface area contributed by atoms with E-state index in [1.807, 2.05) is 12.1 Å². The molecule has 5 heteroatoms. The number of rotatable bonds is 3. The summed E-state index contributed by atoms with van der Waals surface area (Å²) in [6, 6.07) is 6.21. The van der Waals surface area contributed by atoms with Gasteiger partial charge in [-0.2, -0.15) is 11.3 Å². The van der Waals surface area contributed by atoms with Gasteiger partial charge in [0, 0.05) is 12.4 Å². The molecule has 3 heterocycles. The molecule has 1 unspecified atom stereocenters. The summed E-state index contributed by atoms with van der Waals surface area (Å²) < 4.78 is 0. The molecule has 0 amide bonds. The van der Waals surface area contributed by atoms with Crippen molar-refractivity contribution in [1.82, 2.24) is 15.0 Å². The van der Waals surface area contributed by atoms with Crippen LogP contribution in [0, 0.1) is 0 Å². The molecule has 3 aromatic rings. The molecular formula is C13H12N4S. The van der Waals surface area contributed by atoms with Gasteiger partial charge < -0.3 is 5.32 Å². The summed E-state index contributed by atoms with van der Waals surface area (Å²) in [5, 5.41) is 7.58. The second-order valence-corrected chi connectivity index (χ2v) is 4.80. The fraction of sp³-hybridized carbons (Fsp3) is 0.154. The number of nitrogens with zero attached hydrogens (tertiary/aromatic N) is 3. The van der Waals surface area contributed by atoms with E-state index in [2.05, 4.69) is 44.0 Å². The van der Waals surface area contributed by atoms with Crippen molar-refractivity contribution in [2.24, 2.45) is 0 Å². The zero-order valence-corrected chi connectivity index (χ0v) is 10.7. The third-order valence-electron chi connectivity index (χ3n) is 2.74. The molecule has 0 aliphatic carbocycles. The van der Waals surface area contributed by atoms with E-state index in [-0.39, 0.29) is 6.04 Å².